The SMILES string of the molecule is CC(C)(C)OC(=O)N(C(=O)OC(C)(C)C)[C@@H]1C[C@H]1CO. The molecule has 6 heteroatoms. The molecule has 1 saturated carbocycles. The fraction of sp³-hybridized carbons (Fsp3) is 0.857. The van der Waals surface area contributed by atoms with Crippen LogP contribution in [0.2, 0.25) is 0 Å². The minimum absolute atomic E-state index is 0.0627. The maximum Gasteiger partial charge on any atom is 0.420 e. The molecule has 0 aliphatic heterocycles. The molecule has 0 aromatic heterocycles. The van der Waals surface area contributed by atoms with E-state index in [2.05, 4.69) is 0 Å². The summed E-state index contributed by atoms with van der Waals surface area (Å²) in [4.78, 5) is 25.3. The van der Waals surface area contributed by atoms with Crippen molar-refractivity contribution in [3.05, 3.63) is 0 Å². The molecule has 1 aliphatic carbocycles. The lowest BCUT2D eigenvalue weighted by molar-refractivity contribution is -0.00160. The predicted octanol–water partition coefficient (Wildman–Crippen LogP) is 2.54. The molecule has 1 aliphatic rings. The Morgan fingerprint density at radius 3 is 1.70 bits per heavy atom. The molecule has 0 spiro atoms. The van der Waals surface area contributed by atoms with Gasteiger partial charge >= 0.3 is 12.2 Å². The van der Waals surface area contributed by atoms with Crippen LogP contribution in [0.4, 0.5) is 9.59 Å². The summed E-state index contributed by atoms with van der Waals surface area (Å²) in [5, 5.41) is 9.12. The van der Waals surface area contributed by atoms with Crippen molar-refractivity contribution in [2.45, 2.75) is 65.2 Å². The van der Waals surface area contributed by atoms with Crippen molar-refractivity contribution in [3.8, 4) is 0 Å². The molecule has 1 N–H and O–H groups in total. The van der Waals surface area contributed by atoms with Gasteiger partial charge in [-0.15, -0.1) is 0 Å². The largest absolute Gasteiger partial charge is 0.443 e. The van der Waals surface area contributed by atoms with Crippen molar-refractivity contribution in [3.63, 3.8) is 0 Å². The van der Waals surface area contributed by atoms with Crippen LogP contribution in [0.25, 0.3) is 0 Å². The van der Waals surface area contributed by atoms with Crippen LogP contribution in [0.1, 0.15) is 48.0 Å². The summed E-state index contributed by atoms with van der Waals surface area (Å²) >= 11 is 0. The van der Waals surface area contributed by atoms with Gasteiger partial charge in [0.05, 0.1) is 6.04 Å². The highest BCUT2D eigenvalue weighted by Crippen LogP contribution is 2.36. The summed E-state index contributed by atoms with van der Waals surface area (Å²) in [7, 11) is 0. The van der Waals surface area contributed by atoms with Crippen molar-refractivity contribution in [2.75, 3.05) is 6.61 Å². The molecule has 116 valence electrons. The standard InChI is InChI=1S/C14H25NO5/c1-13(2,3)19-11(17)15(10-7-9(10)8-16)12(18)20-14(4,5)6/h9-10,16H,7-8H2,1-6H3/t9-,10+/m0/s1. The zero-order valence-corrected chi connectivity index (χ0v) is 13.1. The zero-order valence-electron chi connectivity index (χ0n) is 13.1. The lowest BCUT2D eigenvalue weighted by Gasteiger charge is -2.28. The predicted molar refractivity (Wildman–Crippen MR) is 73.3 cm³/mol. The number of carbonyl (C=O) groups is 2. The summed E-state index contributed by atoms with van der Waals surface area (Å²) in [5.41, 5.74) is -1.39. The molecule has 0 bridgehead atoms. The summed E-state index contributed by atoms with van der Waals surface area (Å²) in [5.74, 6) is -0.0879. The second-order valence-electron chi connectivity index (χ2n) is 7.08. The number of carbonyl (C=O) groups excluding carboxylic acids is 2. The van der Waals surface area contributed by atoms with Crippen LogP contribution in [0.3, 0.4) is 0 Å². The number of aliphatic hydroxyl groups excluding tert-OH is 1. The molecular formula is C14H25NO5. The average molecular weight is 287 g/mol. The first-order chi connectivity index (χ1) is 8.94. The minimum Gasteiger partial charge on any atom is -0.443 e. The number of aliphatic hydroxyl groups is 1. The summed E-state index contributed by atoms with van der Waals surface area (Å²) < 4.78 is 10.5. The van der Waals surface area contributed by atoms with E-state index in [9.17, 15) is 9.59 Å². The lowest BCUT2D eigenvalue weighted by Crippen LogP contribution is -2.45. The molecule has 2 atom stereocenters. The van der Waals surface area contributed by atoms with Gasteiger partial charge < -0.3 is 14.6 Å². The molecule has 20 heavy (non-hydrogen) atoms. The zero-order chi connectivity index (χ0) is 15.7. The van der Waals surface area contributed by atoms with Crippen LogP contribution in [0, 0.1) is 5.92 Å². The van der Waals surface area contributed by atoms with Gasteiger partial charge in [0.15, 0.2) is 0 Å². The molecule has 1 rings (SSSR count). The van der Waals surface area contributed by atoms with Gasteiger partial charge in [-0.05, 0) is 48.0 Å². The Morgan fingerprint density at radius 2 is 1.45 bits per heavy atom. The Hall–Kier alpha value is -1.30. The van der Waals surface area contributed by atoms with E-state index >= 15 is 0 Å². The van der Waals surface area contributed by atoms with Gasteiger partial charge in [-0.1, -0.05) is 0 Å². The van der Waals surface area contributed by atoms with E-state index in [0.717, 1.165) is 4.90 Å². The normalized spacial score (nSPS) is 22.1. The van der Waals surface area contributed by atoms with Gasteiger partial charge in [0.25, 0.3) is 0 Å². The number of ether oxygens (including phenoxy) is 2. The molecule has 2 amide bonds. The van der Waals surface area contributed by atoms with Gasteiger partial charge in [0.1, 0.15) is 11.2 Å². The Bertz CT molecular complexity index is 352. The first kappa shape index (κ1) is 16.8. The van der Waals surface area contributed by atoms with Crippen LogP contribution >= 0.6 is 0 Å². The van der Waals surface area contributed by atoms with Gasteiger partial charge in [0.2, 0.25) is 0 Å². The van der Waals surface area contributed by atoms with Crippen molar-refractivity contribution in [2.24, 2.45) is 5.92 Å². The Morgan fingerprint density at radius 1 is 1.05 bits per heavy atom. The fourth-order valence-electron chi connectivity index (χ4n) is 1.71. The molecule has 0 heterocycles. The highest BCUT2D eigenvalue weighted by atomic mass is 16.6. The maximum absolute atomic E-state index is 12.2. The van der Waals surface area contributed by atoms with E-state index in [4.69, 9.17) is 14.6 Å². The molecule has 0 aromatic rings. The smallest absolute Gasteiger partial charge is 0.420 e. The fourth-order valence-corrected chi connectivity index (χ4v) is 1.71. The molecular weight excluding hydrogens is 262 g/mol. The summed E-state index contributed by atoms with van der Waals surface area (Å²) in [6, 6.07) is -0.343. The van der Waals surface area contributed by atoms with Crippen LogP contribution in [-0.2, 0) is 9.47 Å². The molecule has 0 aromatic carbocycles. The highest BCUT2D eigenvalue weighted by molar-refractivity contribution is 5.89. The third-order valence-corrected chi connectivity index (χ3v) is 2.63. The third-order valence-electron chi connectivity index (χ3n) is 2.63. The third kappa shape index (κ3) is 5.00. The summed E-state index contributed by atoms with van der Waals surface area (Å²) in [6.07, 6.45) is -0.880. The van der Waals surface area contributed by atoms with E-state index in [-0.39, 0.29) is 18.6 Å². The highest BCUT2D eigenvalue weighted by Gasteiger charge is 2.49. The second kappa shape index (κ2) is 5.60. The molecule has 6 nitrogen and oxygen atoms in total. The number of imide groups is 1. The van der Waals surface area contributed by atoms with Crippen LogP contribution in [0.5, 0.6) is 0 Å². The number of hydrogen-bond acceptors (Lipinski definition) is 5. The second-order valence-corrected chi connectivity index (χ2v) is 7.08. The first-order valence-corrected chi connectivity index (χ1v) is 6.80. The topological polar surface area (TPSA) is 76.1 Å². The van der Waals surface area contributed by atoms with E-state index < -0.39 is 23.4 Å². The average Bonchev–Trinajstić information content (AvgIpc) is 2.91. The number of rotatable bonds is 2. The van der Waals surface area contributed by atoms with Crippen LogP contribution < -0.4 is 0 Å². The first-order valence-electron chi connectivity index (χ1n) is 6.80. The maximum atomic E-state index is 12.2. The molecule has 1 fully saturated rings. The van der Waals surface area contributed by atoms with Gasteiger partial charge in [-0.3, -0.25) is 0 Å². The molecule has 0 unspecified atom stereocenters. The van der Waals surface area contributed by atoms with Gasteiger partial charge in [-0.2, -0.15) is 0 Å². The monoisotopic (exact) mass is 287 g/mol. The van der Waals surface area contributed by atoms with E-state index in [1.165, 1.54) is 0 Å². The van der Waals surface area contributed by atoms with E-state index in [0.29, 0.717) is 6.42 Å². The van der Waals surface area contributed by atoms with E-state index in [1.807, 2.05) is 0 Å². The number of hydrogen-bond donors (Lipinski definition) is 1. The molecule has 0 saturated heterocycles. The number of amides is 2. The van der Waals surface area contributed by atoms with Crippen molar-refractivity contribution >= 4 is 12.2 Å². The van der Waals surface area contributed by atoms with E-state index in [1.54, 1.807) is 41.5 Å². The van der Waals surface area contributed by atoms with Crippen molar-refractivity contribution in [1.29, 1.82) is 0 Å². The quantitative estimate of drug-likeness (QED) is 0.844. The minimum atomic E-state index is -0.729. The Balaban J connectivity index is 2.81. The van der Waals surface area contributed by atoms with Crippen molar-refractivity contribution in [1.82, 2.24) is 4.90 Å². The Labute approximate surface area is 120 Å². The van der Waals surface area contributed by atoms with Crippen LogP contribution in [-0.4, -0.2) is 46.0 Å². The molecule has 0 radical (unpaired) electrons. The van der Waals surface area contributed by atoms with Crippen LogP contribution in [0.15, 0.2) is 0 Å². The van der Waals surface area contributed by atoms with Crippen molar-refractivity contribution < 1.29 is 24.2 Å². The summed E-state index contributed by atoms with van der Waals surface area (Å²) in [6.45, 7) is 10.3. The number of nitrogens with zero attached hydrogens (tertiary/aromatic N) is 1. The lowest BCUT2D eigenvalue weighted by atomic mass is 10.2. The Kier molecular flexibility index (Phi) is 4.69. The van der Waals surface area contributed by atoms with Gasteiger partial charge in [0, 0.05) is 12.5 Å². The van der Waals surface area contributed by atoms with Gasteiger partial charge in [-0.25, -0.2) is 14.5 Å².